The Morgan fingerprint density at radius 3 is 2.58 bits per heavy atom. The standard InChI is InChI=1S/C29H29N3O5S/c1-3-22(26(33)32-27-24(29(35)36-4-2)19-13-7-10-16-23(19)38-27)37-28(34)18-12-6-5-11-17(18)25-30-20-14-8-9-15-21(20)31-25/h5-6,8-9,11-12,14-15,22H,3-4,7,10,13,16H2,1-2H3,(H,30,31)(H,32,33). The first-order valence-corrected chi connectivity index (χ1v) is 13.7. The van der Waals surface area contributed by atoms with Gasteiger partial charge in [-0.2, -0.15) is 0 Å². The maximum Gasteiger partial charge on any atom is 0.341 e. The molecule has 1 atom stereocenters. The van der Waals surface area contributed by atoms with E-state index in [-0.39, 0.29) is 13.0 Å². The van der Waals surface area contributed by atoms with Crippen molar-refractivity contribution in [2.75, 3.05) is 11.9 Å². The molecule has 0 saturated carbocycles. The first kappa shape index (κ1) is 25.7. The fourth-order valence-electron chi connectivity index (χ4n) is 4.73. The second kappa shape index (κ2) is 11.2. The number of H-pyrrole nitrogens is 1. The maximum atomic E-state index is 13.3. The predicted octanol–water partition coefficient (Wildman–Crippen LogP) is 5.92. The lowest BCUT2D eigenvalue weighted by atomic mass is 9.95. The third-order valence-electron chi connectivity index (χ3n) is 6.59. The summed E-state index contributed by atoms with van der Waals surface area (Å²) in [4.78, 5) is 48.3. The van der Waals surface area contributed by atoms with Gasteiger partial charge >= 0.3 is 11.9 Å². The zero-order chi connectivity index (χ0) is 26.6. The Morgan fingerprint density at radius 2 is 1.79 bits per heavy atom. The molecule has 4 aromatic rings. The predicted molar refractivity (Wildman–Crippen MR) is 147 cm³/mol. The van der Waals surface area contributed by atoms with Crippen LogP contribution in [0.4, 0.5) is 5.00 Å². The lowest BCUT2D eigenvalue weighted by molar-refractivity contribution is -0.124. The Hall–Kier alpha value is -3.98. The molecule has 2 aromatic heterocycles. The molecule has 0 aliphatic heterocycles. The van der Waals surface area contributed by atoms with Gasteiger partial charge < -0.3 is 19.8 Å². The van der Waals surface area contributed by atoms with Crippen molar-refractivity contribution in [1.29, 1.82) is 0 Å². The number of aryl methyl sites for hydroxylation is 1. The van der Waals surface area contributed by atoms with Crippen molar-refractivity contribution in [3.8, 4) is 11.4 Å². The number of aromatic amines is 1. The van der Waals surface area contributed by atoms with Crippen LogP contribution in [0.25, 0.3) is 22.4 Å². The Labute approximate surface area is 224 Å². The zero-order valence-electron chi connectivity index (χ0n) is 21.3. The SMILES string of the molecule is CCOC(=O)c1c(NC(=O)C(CC)OC(=O)c2ccccc2-c2nc3ccccc3[nH]2)sc2c1CCCC2. The van der Waals surface area contributed by atoms with Gasteiger partial charge in [-0.15, -0.1) is 11.3 Å². The molecule has 9 heteroatoms. The van der Waals surface area contributed by atoms with Crippen LogP contribution in [0.15, 0.2) is 48.5 Å². The van der Waals surface area contributed by atoms with E-state index in [4.69, 9.17) is 9.47 Å². The normalized spacial score (nSPS) is 13.5. The average molecular weight is 532 g/mol. The highest BCUT2D eigenvalue weighted by Crippen LogP contribution is 2.39. The first-order chi connectivity index (χ1) is 18.5. The molecule has 1 aliphatic rings. The quantitative estimate of drug-likeness (QED) is 0.273. The van der Waals surface area contributed by atoms with Crippen LogP contribution in [0.1, 0.15) is 64.3 Å². The van der Waals surface area contributed by atoms with Crippen LogP contribution in [0.5, 0.6) is 0 Å². The van der Waals surface area contributed by atoms with Crippen molar-refractivity contribution in [2.45, 2.75) is 52.1 Å². The molecule has 5 rings (SSSR count). The Morgan fingerprint density at radius 1 is 1.03 bits per heavy atom. The molecule has 0 saturated heterocycles. The minimum Gasteiger partial charge on any atom is -0.462 e. The van der Waals surface area contributed by atoms with E-state index in [0.29, 0.717) is 27.5 Å². The molecule has 0 radical (unpaired) electrons. The molecule has 0 spiro atoms. The first-order valence-electron chi connectivity index (χ1n) is 12.9. The molecule has 1 amide bonds. The minimum absolute atomic E-state index is 0.247. The summed E-state index contributed by atoms with van der Waals surface area (Å²) in [6, 6.07) is 14.6. The van der Waals surface area contributed by atoms with Gasteiger partial charge in [0.15, 0.2) is 6.10 Å². The monoisotopic (exact) mass is 531 g/mol. The Kier molecular flexibility index (Phi) is 7.55. The molecule has 2 aromatic carbocycles. The van der Waals surface area contributed by atoms with E-state index < -0.39 is 23.9 Å². The van der Waals surface area contributed by atoms with E-state index in [1.165, 1.54) is 11.3 Å². The lowest BCUT2D eigenvalue weighted by Crippen LogP contribution is -2.32. The van der Waals surface area contributed by atoms with Crippen LogP contribution < -0.4 is 5.32 Å². The number of aromatic nitrogens is 2. The van der Waals surface area contributed by atoms with Gasteiger partial charge in [0.05, 0.1) is 28.8 Å². The van der Waals surface area contributed by atoms with Crippen molar-refractivity contribution < 1.29 is 23.9 Å². The van der Waals surface area contributed by atoms with E-state index in [9.17, 15) is 14.4 Å². The summed E-state index contributed by atoms with van der Waals surface area (Å²) < 4.78 is 11.0. The number of thiophene rings is 1. The zero-order valence-corrected chi connectivity index (χ0v) is 22.2. The molecule has 8 nitrogen and oxygen atoms in total. The topological polar surface area (TPSA) is 110 Å². The number of fused-ring (bicyclic) bond motifs is 2. The van der Waals surface area contributed by atoms with Crippen molar-refractivity contribution in [3.63, 3.8) is 0 Å². The number of para-hydroxylation sites is 2. The molecule has 2 heterocycles. The lowest BCUT2D eigenvalue weighted by Gasteiger charge is -2.17. The number of anilines is 1. The Balaban J connectivity index is 1.37. The van der Waals surface area contributed by atoms with Gasteiger partial charge in [-0.1, -0.05) is 37.3 Å². The number of esters is 2. The minimum atomic E-state index is -1.04. The van der Waals surface area contributed by atoms with Crippen LogP contribution in [-0.2, 0) is 27.1 Å². The van der Waals surface area contributed by atoms with E-state index in [1.807, 2.05) is 30.3 Å². The number of carbonyl (C=O) groups is 3. The third kappa shape index (κ3) is 5.06. The fraction of sp³-hybridized carbons (Fsp3) is 0.310. The van der Waals surface area contributed by atoms with Crippen molar-refractivity contribution in [2.24, 2.45) is 0 Å². The smallest absolute Gasteiger partial charge is 0.341 e. The number of nitrogens with one attached hydrogen (secondary N) is 2. The van der Waals surface area contributed by atoms with E-state index in [1.54, 1.807) is 32.0 Å². The molecule has 1 aliphatic carbocycles. The van der Waals surface area contributed by atoms with Crippen LogP contribution in [-0.4, -0.2) is 40.5 Å². The van der Waals surface area contributed by atoms with E-state index >= 15 is 0 Å². The van der Waals surface area contributed by atoms with Gasteiger partial charge in [0.2, 0.25) is 0 Å². The number of amides is 1. The summed E-state index contributed by atoms with van der Waals surface area (Å²) in [6.45, 7) is 3.77. The number of ether oxygens (including phenoxy) is 2. The fourth-order valence-corrected chi connectivity index (χ4v) is 6.01. The van der Waals surface area contributed by atoms with Gasteiger partial charge in [0, 0.05) is 10.4 Å². The summed E-state index contributed by atoms with van der Waals surface area (Å²) in [5, 5.41) is 3.32. The van der Waals surface area contributed by atoms with Crippen LogP contribution >= 0.6 is 11.3 Å². The molecule has 0 bridgehead atoms. The summed E-state index contributed by atoms with van der Waals surface area (Å²) in [5.74, 6) is -1.00. The number of rotatable bonds is 8. The molecular formula is C29H29N3O5S. The number of nitrogens with zero attached hydrogens (tertiary/aromatic N) is 1. The Bertz CT molecular complexity index is 1470. The summed E-state index contributed by atoms with van der Waals surface area (Å²) >= 11 is 1.40. The van der Waals surface area contributed by atoms with E-state index in [2.05, 4.69) is 15.3 Å². The molecule has 2 N–H and O–H groups in total. The molecule has 1 unspecified atom stereocenters. The van der Waals surface area contributed by atoms with Gasteiger partial charge in [0.1, 0.15) is 10.8 Å². The second-order valence-electron chi connectivity index (χ2n) is 9.08. The van der Waals surface area contributed by atoms with Crippen molar-refractivity contribution in [3.05, 3.63) is 70.1 Å². The number of benzene rings is 2. The number of hydrogen-bond acceptors (Lipinski definition) is 7. The van der Waals surface area contributed by atoms with Crippen molar-refractivity contribution in [1.82, 2.24) is 9.97 Å². The number of imidazole rings is 1. The van der Waals surface area contributed by atoms with Gasteiger partial charge in [-0.25, -0.2) is 14.6 Å². The van der Waals surface area contributed by atoms with Crippen molar-refractivity contribution >= 4 is 45.2 Å². The summed E-state index contributed by atoms with van der Waals surface area (Å²) in [7, 11) is 0. The highest BCUT2D eigenvalue weighted by atomic mass is 32.1. The highest BCUT2D eigenvalue weighted by Gasteiger charge is 2.30. The van der Waals surface area contributed by atoms with Gasteiger partial charge in [-0.05, 0) is 62.8 Å². The molecule has 0 fully saturated rings. The molecule has 38 heavy (non-hydrogen) atoms. The average Bonchev–Trinajstić information content (AvgIpc) is 3.53. The summed E-state index contributed by atoms with van der Waals surface area (Å²) in [6.07, 6.45) is 2.91. The highest BCUT2D eigenvalue weighted by molar-refractivity contribution is 7.17. The number of hydrogen-bond donors (Lipinski definition) is 2. The third-order valence-corrected chi connectivity index (χ3v) is 7.80. The van der Waals surface area contributed by atoms with Crippen LogP contribution in [0, 0.1) is 0 Å². The van der Waals surface area contributed by atoms with Crippen LogP contribution in [0.3, 0.4) is 0 Å². The number of carbonyl (C=O) groups excluding carboxylic acids is 3. The van der Waals surface area contributed by atoms with Crippen LogP contribution in [0.2, 0.25) is 0 Å². The summed E-state index contributed by atoms with van der Waals surface area (Å²) in [5.41, 5.74) is 3.91. The van der Waals surface area contributed by atoms with Gasteiger partial charge in [-0.3, -0.25) is 4.79 Å². The largest absolute Gasteiger partial charge is 0.462 e. The maximum absolute atomic E-state index is 13.3. The second-order valence-corrected chi connectivity index (χ2v) is 10.2. The molecular weight excluding hydrogens is 502 g/mol. The van der Waals surface area contributed by atoms with E-state index in [0.717, 1.165) is 47.2 Å². The molecule has 196 valence electrons. The van der Waals surface area contributed by atoms with Gasteiger partial charge in [0.25, 0.3) is 5.91 Å².